The Labute approximate surface area is 179 Å². The normalized spacial score (nSPS) is 11.2. The molecule has 0 fully saturated rings. The van der Waals surface area contributed by atoms with Crippen LogP contribution in [-0.4, -0.2) is 26.8 Å². The maximum absolute atomic E-state index is 13.0. The number of para-hydroxylation sites is 1. The molecule has 30 heavy (non-hydrogen) atoms. The van der Waals surface area contributed by atoms with Crippen LogP contribution < -0.4 is 11.0 Å². The predicted octanol–water partition coefficient (Wildman–Crippen LogP) is 3.63. The standard InChI is InChI=1S/C21H15ClN4O3S/c22-15-7-5-13(6-8-15)16-11-30-20-19(16)21(29)26(12-23-20)10-18(28)25-24-9-14-3-1-2-4-17(14)27/h1-9,11-12,27H,10H2,(H,25,28)/b24-9+. The first-order chi connectivity index (χ1) is 14.5. The fourth-order valence-corrected chi connectivity index (χ4v) is 3.92. The van der Waals surface area contributed by atoms with E-state index in [2.05, 4.69) is 15.5 Å². The number of nitrogens with zero attached hydrogens (tertiary/aromatic N) is 3. The number of carbonyl (C=O) groups excluding carboxylic acids is 1. The summed E-state index contributed by atoms with van der Waals surface area (Å²) in [5.74, 6) is -0.443. The van der Waals surface area contributed by atoms with E-state index >= 15 is 0 Å². The summed E-state index contributed by atoms with van der Waals surface area (Å²) in [6, 6.07) is 13.8. The molecule has 0 saturated carbocycles. The molecular weight excluding hydrogens is 424 g/mol. The molecule has 0 saturated heterocycles. The molecule has 150 valence electrons. The number of hydrazone groups is 1. The fraction of sp³-hybridized carbons (Fsp3) is 0.0476. The van der Waals surface area contributed by atoms with Crippen molar-refractivity contribution in [2.45, 2.75) is 6.54 Å². The Kier molecular flexibility index (Phi) is 5.60. The van der Waals surface area contributed by atoms with E-state index in [1.165, 1.54) is 34.5 Å². The van der Waals surface area contributed by atoms with E-state index in [1.807, 2.05) is 17.5 Å². The van der Waals surface area contributed by atoms with Gasteiger partial charge in [-0.05, 0) is 29.8 Å². The second-order valence-electron chi connectivity index (χ2n) is 6.37. The Hall–Kier alpha value is -3.49. The van der Waals surface area contributed by atoms with Crippen molar-refractivity contribution in [3.8, 4) is 16.9 Å². The van der Waals surface area contributed by atoms with Crippen molar-refractivity contribution >= 4 is 45.3 Å². The third kappa shape index (κ3) is 4.10. The summed E-state index contributed by atoms with van der Waals surface area (Å²) in [5, 5.41) is 16.4. The summed E-state index contributed by atoms with van der Waals surface area (Å²) in [6.45, 7) is -0.240. The number of thiophene rings is 1. The van der Waals surface area contributed by atoms with Gasteiger partial charge >= 0.3 is 0 Å². The lowest BCUT2D eigenvalue weighted by molar-refractivity contribution is -0.121. The highest BCUT2D eigenvalue weighted by Gasteiger charge is 2.14. The average molecular weight is 439 g/mol. The maximum Gasteiger partial charge on any atom is 0.263 e. The van der Waals surface area contributed by atoms with Crippen molar-refractivity contribution in [2.75, 3.05) is 0 Å². The summed E-state index contributed by atoms with van der Waals surface area (Å²) in [7, 11) is 0. The molecule has 0 bridgehead atoms. The summed E-state index contributed by atoms with van der Waals surface area (Å²) >= 11 is 7.31. The van der Waals surface area contributed by atoms with Crippen molar-refractivity contribution in [1.29, 1.82) is 0 Å². The van der Waals surface area contributed by atoms with Gasteiger partial charge in [-0.15, -0.1) is 11.3 Å². The van der Waals surface area contributed by atoms with Crippen LogP contribution in [0.1, 0.15) is 5.56 Å². The van der Waals surface area contributed by atoms with E-state index in [4.69, 9.17) is 11.6 Å². The van der Waals surface area contributed by atoms with Gasteiger partial charge in [0.25, 0.3) is 11.5 Å². The molecule has 2 aromatic heterocycles. The molecule has 0 aliphatic heterocycles. The molecule has 4 rings (SSSR count). The zero-order chi connectivity index (χ0) is 21.1. The van der Waals surface area contributed by atoms with Gasteiger partial charge in [0.15, 0.2) is 0 Å². The first-order valence-corrected chi connectivity index (χ1v) is 10.1. The molecule has 1 amide bonds. The third-order valence-electron chi connectivity index (χ3n) is 4.36. The number of halogens is 1. The Morgan fingerprint density at radius 1 is 1.23 bits per heavy atom. The first kappa shape index (κ1) is 19.8. The number of rotatable bonds is 5. The molecule has 0 atom stereocenters. The molecule has 2 aromatic carbocycles. The highest BCUT2D eigenvalue weighted by Crippen LogP contribution is 2.31. The largest absolute Gasteiger partial charge is 0.507 e. The minimum absolute atomic E-state index is 0.0496. The van der Waals surface area contributed by atoms with Crippen LogP contribution in [0.3, 0.4) is 0 Å². The number of fused-ring (bicyclic) bond motifs is 1. The third-order valence-corrected chi connectivity index (χ3v) is 5.50. The summed E-state index contributed by atoms with van der Waals surface area (Å²) in [5.41, 5.74) is 4.09. The van der Waals surface area contributed by atoms with Gasteiger partial charge in [-0.2, -0.15) is 5.10 Å². The van der Waals surface area contributed by atoms with Gasteiger partial charge in [-0.25, -0.2) is 10.4 Å². The SMILES string of the molecule is O=C(Cn1cnc2scc(-c3ccc(Cl)cc3)c2c1=O)N/N=C/c1ccccc1O. The topological polar surface area (TPSA) is 96.6 Å². The molecular formula is C21H15ClN4O3S. The van der Waals surface area contributed by atoms with E-state index in [-0.39, 0.29) is 17.9 Å². The summed E-state index contributed by atoms with van der Waals surface area (Å²) < 4.78 is 1.24. The van der Waals surface area contributed by atoms with E-state index in [0.717, 1.165) is 11.1 Å². The van der Waals surface area contributed by atoms with Crippen LogP contribution in [-0.2, 0) is 11.3 Å². The van der Waals surface area contributed by atoms with E-state index in [9.17, 15) is 14.7 Å². The van der Waals surface area contributed by atoms with Crippen molar-refractivity contribution in [3.63, 3.8) is 0 Å². The summed E-state index contributed by atoms with van der Waals surface area (Å²) in [4.78, 5) is 30.1. The average Bonchev–Trinajstić information content (AvgIpc) is 3.17. The van der Waals surface area contributed by atoms with Crippen LogP contribution in [0.2, 0.25) is 5.02 Å². The number of phenolic OH excluding ortho intramolecular Hbond substituents is 1. The van der Waals surface area contributed by atoms with Crippen molar-refractivity contribution < 1.29 is 9.90 Å². The Morgan fingerprint density at radius 3 is 2.77 bits per heavy atom. The molecule has 0 aliphatic carbocycles. The predicted molar refractivity (Wildman–Crippen MR) is 118 cm³/mol. The van der Waals surface area contributed by atoms with Gasteiger partial charge in [0.2, 0.25) is 0 Å². The zero-order valence-corrected chi connectivity index (χ0v) is 17.0. The van der Waals surface area contributed by atoms with Crippen LogP contribution in [0.15, 0.2) is 70.1 Å². The van der Waals surface area contributed by atoms with E-state index < -0.39 is 5.91 Å². The minimum Gasteiger partial charge on any atom is -0.507 e. The Morgan fingerprint density at radius 2 is 2.00 bits per heavy atom. The maximum atomic E-state index is 13.0. The number of carbonyl (C=O) groups is 1. The molecule has 9 heteroatoms. The lowest BCUT2D eigenvalue weighted by atomic mass is 10.1. The van der Waals surface area contributed by atoms with Crippen LogP contribution in [0.4, 0.5) is 0 Å². The molecule has 0 spiro atoms. The highest BCUT2D eigenvalue weighted by molar-refractivity contribution is 7.17. The van der Waals surface area contributed by atoms with Crippen LogP contribution in [0, 0.1) is 0 Å². The van der Waals surface area contributed by atoms with Gasteiger partial charge in [0.1, 0.15) is 17.1 Å². The van der Waals surface area contributed by atoms with Gasteiger partial charge in [-0.1, -0.05) is 35.9 Å². The van der Waals surface area contributed by atoms with Gasteiger partial charge in [-0.3, -0.25) is 14.2 Å². The number of amides is 1. The molecule has 0 aliphatic rings. The lowest BCUT2D eigenvalue weighted by Crippen LogP contribution is -2.30. The fourth-order valence-electron chi connectivity index (χ4n) is 2.88. The number of aromatic nitrogens is 2. The molecule has 0 unspecified atom stereocenters. The first-order valence-electron chi connectivity index (χ1n) is 8.85. The summed E-state index contributed by atoms with van der Waals surface area (Å²) in [6.07, 6.45) is 2.67. The van der Waals surface area contributed by atoms with Crippen molar-refractivity contribution in [1.82, 2.24) is 15.0 Å². The van der Waals surface area contributed by atoms with Crippen LogP contribution >= 0.6 is 22.9 Å². The number of phenols is 1. The van der Waals surface area contributed by atoms with Crippen molar-refractivity contribution in [3.05, 3.63) is 81.2 Å². The van der Waals surface area contributed by atoms with E-state index in [0.29, 0.717) is 20.8 Å². The molecule has 7 nitrogen and oxygen atoms in total. The molecule has 0 radical (unpaired) electrons. The smallest absolute Gasteiger partial charge is 0.263 e. The molecule has 4 aromatic rings. The number of benzene rings is 2. The zero-order valence-electron chi connectivity index (χ0n) is 15.4. The van der Waals surface area contributed by atoms with E-state index in [1.54, 1.807) is 30.3 Å². The number of nitrogens with one attached hydrogen (secondary N) is 1. The van der Waals surface area contributed by atoms with Crippen molar-refractivity contribution in [2.24, 2.45) is 5.10 Å². The second-order valence-corrected chi connectivity index (χ2v) is 7.66. The minimum atomic E-state index is -0.492. The van der Waals surface area contributed by atoms with Gasteiger partial charge in [0, 0.05) is 21.5 Å². The lowest BCUT2D eigenvalue weighted by Gasteiger charge is -2.05. The van der Waals surface area contributed by atoms with Crippen LogP contribution in [0.5, 0.6) is 5.75 Å². The van der Waals surface area contributed by atoms with Gasteiger partial charge < -0.3 is 5.11 Å². The second kappa shape index (κ2) is 8.48. The molecule has 2 N–H and O–H groups in total. The quantitative estimate of drug-likeness (QED) is 0.367. The van der Waals surface area contributed by atoms with Gasteiger partial charge in [0.05, 0.1) is 17.9 Å². The Bertz CT molecular complexity index is 1310. The monoisotopic (exact) mass is 438 g/mol. The highest BCUT2D eigenvalue weighted by atomic mass is 35.5. The number of hydrogen-bond donors (Lipinski definition) is 2. The van der Waals surface area contributed by atoms with Crippen LogP contribution in [0.25, 0.3) is 21.3 Å². The number of aromatic hydroxyl groups is 1. The number of hydrogen-bond acceptors (Lipinski definition) is 6. The Balaban J connectivity index is 1.56. The molecule has 2 heterocycles.